The third-order valence-electron chi connectivity index (χ3n) is 2.68. The van der Waals surface area contributed by atoms with Gasteiger partial charge in [-0.25, -0.2) is 9.59 Å². The Bertz CT molecular complexity index is 418. The van der Waals surface area contributed by atoms with E-state index in [4.69, 9.17) is 20.8 Å². The number of hydrogen-bond acceptors (Lipinski definition) is 6. The van der Waals surface area contributed by atoms with Gasteiger partial charge in [-0.2, -0.15) is 0 Å². The van der Waals surface area contributed by atoms with Gasteiger partial charge >= 0.3 is 11.3 Å². The zero-order chi connectivity index (χ0) is 11.5. The van der Waals surface area contributed by atoms with Gasteiger partial charge < -0.3 is 9.15 Å². The molecule has 1 aromatic heterocycles. The predicted molar refractivity (Wildman–Crippen MR) is 52.4 cm³/mol. The quantitative estimate of drug-likeness (QED) is 0.744. The van der Waals surface area contributed by atoms with Crippen LogP contribution in [0.3, 0.4) is 0 Å². The summed E-state index contributed by atoms with van der Waals surface area (Å²) in [6.07, 6.45) is 2.66. The van der Waals surface area contributed by atoms with E-state index in [-0.39, 0.29) is 12.0 Å². The number of carbonyl (C=O) groups is 1. The summed E-state index contributed by atoms with van der Waals surface area (Å²) in [7, 11) is 0. The van der Waals surface area contributed by atoms with Crippen LogP contribution in [0, 0.1) is 0 Å². The van der Waals surface area contributed by atoms with Gasteiger partial charge in [0.1, 0.15) is 6.10 Å². The molecule has 2 rings (SSSR count). The third-order valence-corrected chi connectivity index (χ3v) is 2.77. The van der Waals surface area contributed by atoms with E-state index in [1.807, 2.05) is 0 Å². The summed E-state index contributed by atoms with van der Waals surface area (Å²) in [6.45, 7) is 0. The fourth-order valence-electron chi connectivity index (χ4n) is 1.92. The summed E-state index contributed by atoms with van der Waals surface area (Å²) < 4.78 is 14.0. The minimum absolute atomic E-state index is 0.0525. The summed E-state index contributed by atoms with van der Waals surface area (Å²) in [4.78, 5) is 21.2. The first-order valence-corrected chi connectivity index (χ1v) is 5.36. The van der Waals surface area contributed by atoms with Crippen LogP contribution in [0.4, 0.5) is 4.79 Å². The molecule has 0 spiro atoms. The maximum Gasteiger partial charge on any atom is 0.542 e. The summed E-state index contributed by atoms with van der Waals surface area (Å²) >= 11 is 5.12. The first kappa shape index (κ1) is 11.2. The van der Waals surface area contributed by atoms with E-state index >= 15 is 0 Å². The van der Waals surface area contributed by atoms with Crippen molar-refractivity contribution in [2.45, 2.75) is 37.7 Å². The highest BCUT2D eigenvalue weighted by Gasteiger charge is 2.28. The van der Waals surface area contributed by atoms with Gasteiger partial charge in [0, 0.05) is 17.5 Å². The zero-order valence-electron chi connectivity index (χ0n) is 8.35. The lowest BCUT2D eigenvalue weighted by molar-refractivity contribution is 0.0881. The van der Waals surface area contributed by atoms with E-state index in [0.29, 0.717) is 18.7 Å². The number of hydrogen-bond donors (Lipinski definition) is 0. The molecular formula is C9H10ClNO5. The lowest BCUT2D eigenvalue weighted by Crippen LogP contribution is -2.21. The summed E-state index contributed by atoms with van der Waals surface area (Å²) in [6, 6.07) is 0. The molecule has 0 bridgehead atoms. The molecule has 1 heterocycles. The van der Waals surface area contributed by atoms with Gasteiger partial charge in [-0.1, -0.05) is 0 Å². The fourth-order valence-corrected chi connectivity index (χ4v) is 2.05. The maximum atomic E-state index is 10.7. The van der Waals surface area contributed by atoms with E-state index in [9.17, 15) is 9.59 Å². The average molecular weight is 248 g/mol. The van der Waals surface area contributed by atoms with Gasteiger partial charge in [0.2, 0.25) is 5.89 Å². The molecule has 0 aliphatic heterocycles. The summed E-state index contributed by atoms with van der Waals surface area (Å²) in [5.41, 5.74) is -0.781. The first-order valence-electron chi connectivity index (χ1n) is 4.98. The molecule has 7 heteroatoms. The van der Waals surface area contributed by atoms with E-state index in [1.165, 1.54) is 0 Å². The number of ether oxygens (including phenoxy) is 1. The second-order valence-electron chi connectivity index (χ2n) is 3.70. The number of aromatic nitrogens is 1. The van der Waals surface area contributed by atoms with Crippen LogP contribution in [0.25, 0.3) is 0 Å². The molecule has 88 valence electrons. The van der Waals surface area contributed by atoms with E-state index in [1.54, 1.807) is 0 Å². The van der Waals surface area contributed by atoms with E-state index in [0.717, 1.165) is 12.8 Å². The molecule has 0 aromatic carbocycles. The Kier molecular flexibility index (Phi) is 3.28. The minimum Gasteiger partial charge on any atom is -0.450 e. The van der Waals surface area contributed by atoms with Gasteiger partial charge in [0.15, 0.2) is 0 Å². The fraction of sp³-hybridized carbons (Fsp3) is 0.667. The molecule has 6 nitrogen and oxygen atoms in total. The highest BCUT2D eigenvalue weighted by molar-refractivity contribution is 6.61. The van der Waals surface area contributed by atoms with Crippen molar-refractivity contribution in [3.63, 3.8) is 0 Å². The molecule has 1 fully saturated rings. The Morgan fingerprint density at radius 2 is 2.06 bits per heavy atom. The zero-order valence-corrected chi connectivity index (χ0v) is 9.11. The van der Waals surface area contributed by atoms with Crippen molar-refractivity contribution < 1.29 is 18.5 Å². The molecule has 1 aliphatic carbocycles. The molecule has 16 heavy (non-hydrogen) atoms. The van der Waals surface area contributed by atoms with Gasteiger partial charge in [-0.15, -0.1) is 0 Å². The van der Waals surface area contributed by atoms with Crippen molar-refractivity contribution in [1.82, 2.24) is 5.16 Å². The topological polar surface area (TPSA) is 82.5 Å². The van der Waals surface area contributed by atoms with Crippen LogP contribution in [0.5, 0.6) is 0 Å². The Labute approximate surface area is 95.5 Å². The number of carbonyl (C=O) groups excluding carboxylic acids is 1. The van der Waals surface area contributed by atoms with E-state index in [2.05, 4.69) is 9.68 Å². The second kappa shape index (κ2) is 4.69. The lowest BCUT2D eigenvalue weighted by Gasteiger charge is -2.25. The normalized spacial score (nSPS) is 25.3. The van der Waals surface area contributed by atoms with Crippen molar-refractivity contribution in [3.8, 4) is 0 Å². The monoisotopic (exact) mass is 247 g/mol. The van der Waals surface area contributed by atoms with Crippen LogP contribution >= 0.6 is 11.6 Å². The highest BCUT2D eigenvalue weighted by Crippen LogP contribution is 2.32. The Balaban J connectivity index is 1.90. The van der Waals surface area contributed by atoms with Crippen LogP contribution in [0.15, 0.2) is 13.7 Å². The van der Waals surface area contributed by atoms with Crippen LogP contribution in [0.1, 0.15) is 37.5 Å². The minimum atomic E-state index is -0.788. The van der Waals surface area contributed by atoms with Crippen LogP contribution < -0.4 is 5.82 Å². The molecule has 1 aliphatic rings. The maximum absolute atomic E-state index is 10.7. The smallest absolute Gasteiger partial charge is 0.450 e. The summed E-state index contributed by atoms with van der Waals surface area (Å²) in [5, 5.41) is 3.54. The van der Waals surface area contributed by atoms with Crippen molar-refractivity contribution in [2.75, 3.05) is 0 Å². The number of rotatable bonds is 2. The average Bonchev–Trinajstić information content (AvgIpc) is 2.65. The Morgan fingerprint density at radius 3 is 2.56 bits per heavy atom. The largest absolute Gasteiger partial charge is 0.542 e. The molecule has 0 saturated heterocycles. The molecular weight excluding hydrogens is 238 g/mol. The molecule has 0 unspecified atom stereocenters. The summed E-state index contributed by atoms with van der Waals surface area (Å²) in [5.74, 6) is -0.415. The van der Waals surface area contributed by atoms with Gasteiger partial charge in [-0.3, -0.25) is 4.52 Å². The first-order chi connectivity index (χ1) is 7.65. The van der Waals surface area contributed by atoms with Crippen molar-refractivity contribution in [2.24, 2.45) is 0 Å². The van der Waals surface area contributed by atoms with Gasteiger partial charge in [0.25, 0.3) is 0 Å². The van der Waals surface area contributed by atoms with Crippen molar-refractivity contribution in [3.05, 3.63) is 16.5 Å². The second-order valence-corrected chi connectivity index (χ2v) is 4.01. The molecule has 0 amide bonds. The predicted octanol–water partition coefficient (Wildman–Crippen LogP) is 2.03. The van der Waals surface area contributed by atoms with Crippen LogP contribution in [-0.2, 0) is 4.74 Å². The van der Waals surface area contributed by atoms with Crippen LogP contribution in [0.2, 0.25) is 0 Å². The van der Waals surface area contributed by atoms with Crippen molar-refractivity contribution >= 4 is 17.0 Å². The van der Waals surface area contributed by atoms with Crippen molar-refractivity contribution in [1.29, 1.82) is 0 Å². The van der Waals surface area contributed by atoms with Gasteiger partial charge in [0.05, 0.1) is 0 Å². The lowest BCUT2D eigenvalue weighted by atomic mass is 9.87. The third kappa shape index (κ3) is 2.63. The molecule has 0 N–H and O–H groups in total. The highest BCUT2D eigenvalue weighted by atomic mass is 35.5. The molecule has 0 atom stereocenters. The SMILES string of the molecule is O=C(Cl)OC1CCC(c2noc(=O)o2)CC1. The standard InChI is InChI=1S/C9H10ClNO5/c10-8(12)14-6-3-1-5(2-4-6)7-11-16-9(13)15-7/h5-6H,1-4H2. The number of halogens is 1. The van der Waals surface area contributed by atoms with E-state index < -0.39 is 11.3 Å². The van der Waals surface area contributed by atoms with Gasteiger partial charge in [-0.05, 0) is 30.8 Å². The molecule has 1 saturated carbocycles. The number of nitrogens with zero attached hydrogens (tertiary/aromatic N) is 1. The molecule has 1 aromatic rings. The Hall–Kier alpha value is -1.30. The van der Waals surface area contributed by atoms with Crippen LogP contribution in [-0.4, -0.2) is 16.7 Å². The Morgan fingerprint density at radius 1 is 1.38 bits per heavy atom. The molecule has 0 radical (unpaired) electrons.